The molecule has 1 spiro atoms. The lowest BCUT2D eigenvalue weighted by Crippen LogP contribution is -2.51. The highest BCUT2D eigenvalue weighted by atomic mass is 16.2. The lowest BCUT2D eigenvalue weighted by atomic mass is 9.72. The molecule has 1 N–H and O–H groups in total. The first-order valence-corrected chi connectivity index (χ1v) is 9.66. The summed E-state index contributed by atoms with van der Waals surface area (Å²) >= 11 is 0. The second-order valence-electron chi connectivity index (χ2n) is 8.02. The van der Waals surface area contributed by atoms with Gasteiger partial charge in [0.15, 0.2) is 0 Å². The molecule has 2 aromatic rings. The standard InChI is InChI=1S/C21H28N4O/c1-17-13-22-19(23-17)15-24-11-9-21(10-12-24)8-7-20(26)25(16-21)14-18-5-3-2-4-6-18/h2-6,13H,7-12,14-16H2,1H3,(H,22,23). The topological polar surface area (TPSA) is 52.2 Å². The van der Waals surface area contributed by atoms with E-state index < -0.39 is 0 Å². The first-order chi connectivity index (χ1) is 12.6. The lowest BCUT2D eigenvalue weighted by molar-refractivity contribution is -0.140. The summed E-state index contributed by atoms with van der Waals surface area (Å²) < 4.78 is 0. The molecule has 5 heteroatoms. The minimum Gasteiger partial charge on any atom is -0.345 e. The number of aryl methyl sites for hydroxylation is 1. The summed E-state index contributed by atoms with van der Waals surface area (Å²) in [5.41, 5.74) is 2.65. The highest BCUT2D eigenvalue weighted by Crippen LogP contribution is 2.40. The van der Waals surface area contributed by atoms with Gasteiger partial charge in [0, 0.05) is 31.4 Å². The van der Waals surface area contributed by atoms with Crippen LogP contribution in [0.25, 0.3) is 0 Å². The summed E-state index contributed by atoms with van der Waals surface area (Å²) in [6.07, 6.45) is 5.99. The second kappa shape index (κ2) is 7.23. The predicted molar refractivity (Wildman–Crippen MR) is 101 cm³/mol. The quantitative estimate of drug-likeness (QED) is 0.920. The molecule has 1 amide bonds. The van der Waals surface area contributed by atoms with Gasteiger partial charge < -0.3 is 9.88 Å². The molecule has 0 unspecified atom stereocenters. The van der Waals surface area contributed by atoms with Gasteiger partial charge in [0.25, 0.3) is 0 Å². The summed E-state index contributed by atoms with van der Waals surface area (Å²) in [5, 5.41) is 0. The van der Waals surface area contributed by atoms with Gasteiger partial charge in [0.1, 0.15) is 5.82 Å². The molecule has 5 nitrogen and oxygen atoms in total. The molecule has 2 fully saturated rings. The average Bonchev–Trinajstić information content (AvgIpc) is 3.06. The number of nitrogens with one attached hydrogen (secondary N) is 1. The molecule has 2 aliphatic rings. The zero-order chi connectivity index (χ0) is 18.0. The molecule has 0 radical (unpaired) electrons. The van der Waals surface area contributed by atoms with Crippen LogP contribution in [-0.4, -0.2) is 45.3 Å². The van der Waals surface area contributed by atoms with Gasteiger partial charge in [0.05, 0.1) is 6.54 Å². The third kappa shape index (κ3) is 3.83. The van der Waals surface area contributed by atoms with Crippen molar-refractivity contribution >= 4 is 5.91 Å². The van der Waals surface area contributed by atoms with Crippen molar-refractivity contribution in [2.45, 2.75) is 45.7 Å². The third-order valence-electron chi connectivity index (χ3n) is 6.01. The Morgan fingerprint density at radius 1 is 1.12 bits per heavy atom. The van der Waals surface area contributed by atoms with E-state index in [0.717, 1.165) is 50.7 Å². The SMILES string of the molecule is Cc1cnc(CN2CCC3(CCC(=O)N(Cc4ccccc4)C3)CC2)[nH]1. The van der Waals surface area contributed by atoms with Crippen LogP contribution in [0.2, 0.25) is 0 Å². The van der Waals surface area contributed by atoms with Gasteiger partial charge in [-0.05, 0) is 50.3 Å². The van der Waals surface area contributed by atoms with E-state index in [4.69, 9.17) is 0 Å². The van der Waals surface area contributed by atoms with Crippen LogP contribution in [0, 0.1) is 12.3 Å². The number of aromatic amines is 1. The molecule has 1 aromatic carbocycles. The van der Waals surface area contributed by atoms with E-state index in [1.807, 2.05) is 31.3 Å². The Kier molecular flexibility index (Phi) is 4.81. The lowest BCUT2D eigenvalue weighted by Gasteiger charge is -2.47. The molecule has 26 heavy (non-hydrogen) atoms. The van der Waals surface area contributed by atoms with Crippen LogP contribution in [-0.2, 0) is 17.9 Å². The van der Waals surface area contributed by atoms with Crippen molar-refractivity contribution in [2.75, 3.05) is 19.6 Å². The van der Waals surface area contributed by atoms with Gasteiger partial charge >= 0.3 is 0 Å². The Morgan fingerprint density at radius 3 is 2.58 bits per heavy atom. The minimum atomic E-state index is 0.304. The molecule has 2 aliphatic heterocycles. The molecule has 0 saturated carbocycles. The van der Waals surface area contributed by atoms with Crippen LogP contribution >= 0.6 is 0 Å². The summed E-state index contributed by atoms with van der Waals surface area (Å²) in [6.45, 7) is 6.78. The number of imidazole rings is 1. The summed E-state index contributed by atoms with van der Waals surface area (Å²) in [6, 6.07) is 10.4. The van der Waals surface area contributed by atoms with Crippen molar-refractivity contribution in [1.82, 2.24) is 19.8 Å². The van der Waals surface area contributed by atoms with Crippen molar-refractivity contribution in [3.05, 3.63) is 53.6 Å². The van der Waals surface area contributed by atoms with Crippen LogP contribution in [0.5, 0.6) is 0 Å². The maximum absolute atomic E-state index is 12.4. The first kappa shape index (κ1) is 17.3. The molecular formula is C21H28N4O. The van der Waals surface area contributed by atoms with Crippen LogP contribution < -0.4 is 0 Å². The largest absolute Gasteiger partial charge is 0.345 e. The second-order valence-corrected chi connectivity index (χ2v) is 8.02. The number of likely N-dealkylation sites (tertiary alicyclic amines) is 2. The number of amides is 1. The van der Waals surface area contributed by atoms with E-state index in [1.165, 1.54) is 18.4 Å². The van der Waals surface area contributed by atoms with E-state index in [1.54, 1.807) is 0 Å². The normalized spacial score (nSPS) is 20.7. The highest BCUT2D eigenvalue weighted by Gasteiger charge is 2.40. The fourth-order valence-corrected chi connectivity index (χ4v) is 4.40. The maximum atomic E-state index is 12.4. The van der Waals surface area contributed by atoms with Gasteiger partial charge in [-0.25, -0.2) is 4.98 Å². The Hall–Kier alpha value is -2.14. The zero-order valence-electron chi connectivity index (χ0n) is 15.6. The first-order valence-electron chi connectivity index (χ1n) is 9.66. The van der Waals surface area contributed by atoms with Crippen LogP contribution in [0.4, 0.5) is 0 Å². The monoisotopic (exact) mass is 352 g/mol. The van der Waals surface area contributed by atoms with Crippen molar-refractivity contribution < 1.29 is 4.79 Å². The molecule has 0 bridgehead atoms. The fourth-order valence-electron chi connectivity index (χ4n) is 4.40. The predicted octanol–water partition coefficient (Wildman–Crippen LogP) is 3.12. The van der Waals surface area contributed by atoms with Crippen LogP contribution in [0.3, 0.4) is 0 Å². The smallest absolute Gasteiger partial charge is 0.222 e. The van der Waals surface area contributed by atoms with Gasteiger partial charge in [0.2, 0.25) is 5.91 Å². The van der Waals surface area contributed by atoms with Crippen LogP contribution in [0.1, 0.15) is 42.8 Å². The van der Waals surface area contributed by atoms with Gasteiger partial charge in [-0.2, -0.15) is 0 Å². The number of H-pyrrole nitrogens is 1. The summed E-state index contributed by atoms with van der Waals surface area (Å²) in [7, 11) is 0. The number of benzene rings is 1. The van der Waals surface area contributed by atoms with Crippen LogP contribution in [0.15, 0.2) is 36.5 Å². The average molecular weight is 352 g/mol. The highest BCUT2D eigenvalue weighted by molar-refractivity contribution is 5.77. The summed E-state index contributed by atoms with van der Waals surface area (Å²) in [5.74, 6) is 1.37. The number of piperidine rings is 2. The van der Waals surface area contributed by atoms with E-state index in [-0.39, 0.29) is 0 Å². The van der Waals surface area contributed by atoms with Gasteiger partial charge in [-0.15, -0.1) is 0 Å². The van der Waals surface area contributed by atoms with E-state index in [0.29, 0.717) is 17.7 Å². The molecule has 4 rings (SSSR count). The van der Waals surface area contributed by atoms with Crippen molar-refractivity contribution in [3.63, 3.8) is 0 Å². The number of carbonyl (C=O) groups excluding carboxylic acids is 1. The number of nitrogens with zero attached hydrogens (tertiary/aromatic N) is 3. The number of aromatic nitrogens is 2. The fraction of sp³-hybridized carbons (Fsp3) is 0.524. The minimum absolute atomic E-state index is 0.304. The molecule has 2 saturated heterocycles. The van der Waals surface area contributed by atoms with Crippen molar-refractivity contribution in [2.24, 2.45) is 5.41 Å². The number of hydrogen-bond acceptors (Lipinski definition) is 3. The molecule has 0 aliphatic carbocycles. The van der Waals surface area contributed by atoms with Gasteiger partial charge in [-0.1, -0.05) is 30.3 Å². The third-order valence-corrected chi connectivity index (χ3v) is 6.01. The Balaban J connectivity index is 1.36. The van der Waals surface area contributed by atoms with E-state index >= 15 is 0 Å². The Labute approximate surface area is 155 Å². The molecule has 3 heterocycles. The Morgan fingerprint density at radius 2 is 1.88 bits per heavy atom. The van der Waals surface area contributed by atoms with Crippen molar-refractivity contribution in [3.8, 4) is 0 Å². The maximum Gasteiger partial charge on any atom is 0.222 e. The molecule has 138 valence electrons. The number of hydrogen-bond donors (Lipinski definition) is 1. The molecule has 0 atom stereocenters. The zero-order valence-corrected chi connectivity index (χ0v) is 15.6. The number of carbonyl (C=O) groups is 1. The van der Waals surface area contributed by atoms with E-state index in [9.17, 15) is 4.79 Å². The summed E-state index contributed by atoms with van der Waals surface area (Å²) in [4.78, 5) is 24.8. The van der Waals surface area contributed by atoms with Gasteiger partial charge in [-0.3, -0.25) is 9.69 Å². The molecule has 1 aromatic heterocycles. The Bertz CT molecular complexity index is 746. The number of rotatable bonds is 4. The molecular weight excluding hydrogens is 324 g/mol. The van der Waals surface area contributed by atoms with E-state index in [2.05, 4.69) is 31.9 Å². The van der Waals surface area contributed by atoms with Crippen molar-refractivity contribution in [1.29, 1.82) is 0 Å².